The van der Waals surface area contributed by atoms with Gasteiger partial charge in [0.15, 0.2) is 0 Å². The molecule has 1 heterocycles. The molecule has 4 nitrogen and oxygen atoms in total. The molecule has 1 unspecified atom stereocenters. The molecule has 18 heavy (non-hydrogen) atoms. The van der Waals surface area contributed by atoms with Gasteiger partial charge in [0.2, 0.25) is 0 Å². The number of aliphatic hydroxyl groups excluding tert-OH is 1. The van der Waals surface area contributed by atoms with E-state index in [1.54, 1.807) is 19.9 Å². The second-order valence-electron chi connectivity index (χ2n) is 5.37. The van der Waals surface area contributed by atoms with Gasteiger partial charge in [0.1, 0.15) is 5.75 Å². The summed E-state index contributed by atoms with van der Waals surface area (Å²) < 4.78 is 5.40. The summed E-state index contributed by atoms with van der Waals surface area (Å²) in [5, 5.41) is 19.2. The fourth-order valence-electron chi connectivity index (χ4n) is 2.10. The second-order valence-corrected chi connectivity index (χ2v) is 5.37. The van der Waals surface area contributed by atoms with E-state index in [4.69, 9.17) is 9.84 Å². The van der Waals surface area contributed by atoms with Gasteiger partial charge >= 0.3 is 5.97 Å². The first-order valence-corrected chi connectivity index (χ1v) is 6.07. The normalized spacial score (nSPS) is 15.9. The van der Waals surface area contributed by atoms with Crippen LogP contribution in [0, 0.1) is 5.41 Å². The van der Waals surface area contributed by atoms with Crippen molar-refractivity contribution in [2.45, 2.75) is 32.8 Å². The summed E-state index contributed by atoms with van der Waals surface area (Å²) in [5.74, 6) is -0.0329. The summed E-state index contributed by atoms with van der Waals surface area (Å²) in [4.78, 5) is 11.0. The molecule has 4 heteroatoms. The molecule has 0 aliphatic carbocycles. The van der Waals surface area contributed by atoms with Gasteiger partial charge in [-0.2, -0.15) is 0 Å². The Morgan fingerprint density at radius 1 is 1.50 bits per heavy atom. The predicted octanol–water partition coefficient (Wildman–Crippen LogP) is 2.16. The van der Waals surface area contributed by atoms with E-state index in [0.717, 1.165) is 23.3 Å². The van der Waals surface area contributed by atoms with Crippen LogP contribution in [0.15, 0.2) is 18.2 Å². The largest absolute Gasteiger partial charge is 0.493 e. The third-order valence-electron chi connectivity index (χ3n) is 3.38. The van der Waals surface area contributed by atoms with E-state index in [0.29, 0.717) is 6.61 Å². The molecule has 2 rings (SSSR count). The number of ether oxygens (including phenoxy) is 1. The first-order chi connectivity index (χ1) is 8.40. The third kappa shape index (κ3) is 2.48. The van der Waals surface area contributed by atoms with Crippen LogP contribution in [-0.4, -0.2) is 22.8 Å². The van der Waals surface area contributed by atoms with Crippen LogP contribution in [0.1, 0.15) is 37.5 Å². The van der Waals surface area contributed by atoms with E-state index in [2.05, 4.69) is 0 Å². The van der Waals surface area contributed by atoms with Crippen LogP contribution in [0.2, 0.25) is 0 Å². The molecule has 0 aromatic heterocycles. The van der Waals surface area contributed by atoms with E-state index in [9.17, 15) is 9.90 Å². The molecule has 0 bridgehead atoms. The molecule has 2 N–H and O–H groups in total. The average molecular weight is 250 g/mol. The molecule has 0 amide bonds. The van der Waals surface area contributed by atoms with Crippen molar-refractivity contribution < 1.29 is 19.7 Å². The number of carbonyl (C=O) groups is 1. The number of benzene rings is 1. The molecule has 1 aromatic rings. The summed E-state index contributed by atoms with van der Waals surface area (Å²) >= 11 is 0. The lowest BCUT2D eigenvalue weighted by Gasteiger charge is -2.23. The SMILES string of the molecule is CC(C)(CC(O)c1ccc2c(c1)CCO2)C(=O)O. The molecule has 0 radical (unpaired) electrons. The standard InChI is InChI=1S/C14H18O4/c1-14(2,13(16)17)8-11(15)9-3-4-12-10(7-9)5-6-18-12/h3-4,7,11,15H,5-6,8H2,1-2H3,(H,16,17). The summed E-state index contributed by atoms with van der Waals surface area (Å²) in [6, 6.07) is 5.55. The minimum Gasteiger partial charge on any atom is -0.493 e. The topological polar surface area (TPSA) is 66.8 Å². The van der Waals surface area contributed by atoms with Crippen molar-refractivity contribution in [3.63, 3.8) is 0 Å². The Balaban J connectivity index is 2.14. The molecule has 0 saturated carbocycles. The van der Waals surface area contributed by atoms with Crippen molar-refractivity contribution in [2.75, 3.05) is 6.61 Å². The highest BCUT2D eigenvalue weighted by Crippen LogP contribution is 2.33. The fraction of sp³-hybridized carbons (Fsp3) is 0.500. The fourth-order valence-corrected chi connectivity index (χ4v) is 2.10. The van der Waals surface area contributed by atoms with Gasteiger partial charge in [-0.1, -0.05) is 6.07 Å². The number of rotatable bonds is 4. The van der Waals surface area contributed by atoms with Crippen molar-refractivity contribution in [3.05, 3.63) is 29.3 Å². The number of carboxylic acids is 1. The van der Waals surface area contributed by atoms with E-state index >= 15 is 0 Å². The highest BCUT2D eigenvalue weighted by molar-refractivity contribution is 5.73. The summed E-state index contributed by atoms with van der Waals surface area (Å²) in [6.07, 6.45) is 0.280. The quantitative estimate of drug-likeness (QED) is 0.859. The van der Waals surface area contributed by atoms with Crippen molar-refractivity contribution in [3.8, 4) is 5.75 Å². The maximum atomic E-state index is 11.0. The van der Waals surface area contributed by atoms with Crippen LogP contribution < -0.4 is 4.74 Å². The van der Waals surface area contributed by atoms with Gasteiger partial charge in [-0.25, -0.2) is 0 Å². The van der Waals surface area contributed by atoms with Crippen molar-refractivity contribution in [1.82, 2.24) is 0 Å². The van der Waals surface area contributed by atoms with Gasteiger partial charge in [0.25, 0.3) is 0 Å². The minimum absolute atomic E-state index is 0.196. The van der Waals surface area contributed by atoms with Gasteiger partial charge in [0, 0.05) is 6.42 Å². The van der Waals surface area contributed by atoms with Crippen molar-refractivity contribution in [1.29, 1.82) is 0 Å². The first-order valence-electron chi connectivity index (χ1n) is 6.07. The van der Waals surface area contributed by atoms with Gasteiger partial charge in [0.05, 0.1) is 18.1 Å². The number of hydrogen-bond acceptors (Lipinski definition) is 3. The van der Waals surface area contributed by atoms with E-state index in [1.807, 2.05) is 12.1 Å². The average Bonchev–Trinajstić information content (AvgIpc) is 2.74. The highest BCUT2D eigenvalue weighted by atomic mass is 16.5. The Morgan fingerprint density at radius 2 is 2.22 bits per heavy atom. The molecule has 1 aromatic carbocycles. The van der Waals surface area contributed by atoms with E-state index in [-0.39, 0.29) is 6.42 Å². The molecule has 1 aliphatic heterocycles. The molecule has 1 aliphatic rings. The van der Waals surface area contributed by atoms with Crippen LogP contribution in [0.5, 0.6) is 5.75 Å². The Labute approximate surface area is 106 Å². The zero-order valence-corrected chi connectivity index (χ0v) is 10.6. The lowest BCUT2D eigenvalue weighted by molar-refractivity contribution is -0.148. The molecule has 1 atom stereocenters. The Hall–Kier alpha value is -1.55. The minimum atomic E-state index is -0.936. The van der Waals surface area contributed by atoms with Crippen LogP contribution >= 0.6 is 0 Å². The maximum absolute atomic E-state index is 11.0. The second kappa shape index (κ2) is 4.61. The predicted molar refractivity (Wildman–Crippen MR) is 66.6 cm³/mol. The lowest BCUT2D eigenvalue weighted by Crippen LogP contribution is -2.26. The Morgan fingerprint density at radius 3 is 2.89 bits per heavy atom. The molecule has 0 fully saturated rings. The zero-order chi connectivity index (χ0) is 13.3. The summed E-state index contributed by atoms with van der Waals surface area (Å²) in [5.41, 5.74) is 0.905. The molecule has 98 valence electrons. The highest BCUT2D eigenvalue weighted by Gasteiger charge is 2.31. The Kier molecular flexibility index (Phi) is 3.30. The summed E-state index contributed by atoms with van der Waals surface area (Å²) in [6.45, 7) is 3.92. The molecule has 0 spiro atoms. The van der Waals surface area contributed by atoms with Crippen LogP contribution in [0.25, 0.3) is 0 Å². The molecular weight excluding hydrogens is 232 g/mol. The van der Waals surface area contributed by atoms with Crippen LogP contribution in [-0.2, 0) is 11.2 Å². The lowest BCUT2D eigenvalue weighted by atomic mass is 9.84. The van der Waals surface area contributed by atoms with Crippen molar-refractivity contribution in [2.24, 2.45) is 5.41 Å². The smallest absolute Gasteiger partial charge is 0.309 e. The first kappa shape index (κ1) is 12.9. The summed E-state index contributed by atoms with van der Waals surface area (Å²) in [7, 11) is 0. The van der Waals surface area contributed by atoms with Gasteiger partial charge < -0.3 is 14.9 Å². The number of fused-ring (bicyclic) bond motifs is 1. The number of carboxylic acid groups (broad SMARTS) is 1. The monoisotopic (exact) mass is 250 g/mol. The number of hydrogen-bond donors (Lipinski definition) is 2. The van der Waals surface area contributed by atoms with E-state index in [1.165, 1.54) is 0 Å². The molecule has 0 saturated heterocycles. The van der Waals surface area contributed by atoms with Gasteiger partial charge in [-0.15, -0.1) is 0 Å². The number of aliphatic carboxylic acids is 1. The van der Waals surface area contributed by atoms with Crippen molar-refractivity contribution >= 4 is 5.97 Å². The van der Waals surface area contributed by atoms with Gasteiger partial charge in [-0.3, -0.25) is 4.79 Å². The van der Waals surface area contributed by atoms with Crippen LogP contribution in [0.3, 0.4) is 0 Å². The Bertz CT molecular complexity index is 465. The maximum Gasteiger partial charge on any atom is 0.309 e. The third-order valence-corrected chi connectivity index (χ3v) is 3.38. The number of aliphatic hydroxyl groups is 1. The van der Waals surface area contributed by atoms with Crippen LogP contribution in [0.4, 0.5) is 0 Å². The van der Waals surface area contributed by atoms with Gasteiger partial charge in [-0.05, 0) is 43.5 Å². The molecular formula is C14H18O4. The zero-order valence-electron chi connectivity index (χ0n) is 10.6. The van der Waals surface area contributed by atoms with E-state index < -0.39 is 17.5 Å².